The second-order valence-electron chi connectivity index (χ2n) is 3.75. The number of carbonyl (C=O) groups excluding carboxylic acids is 1. The van der Waals surface area contributed by atoms with Crippen LogP contribution in [-0.2, 0) is 9.53 Å². The highest BCUT2D eigenvalue weighted by atomic mass is 16.5. The topological polar surface area (TPSA) is 50.4 Å². The average molecular weight is 216 g/mol. The predicted octanol–water partition coefficient (Wildman–Crippen LogP) is 0.917. The van der Waals surface area contributed by atoms with Crippen LogP contribution in [0.2, 0.25) is 0 Å². The summed E-state index contributed by atoms with van der Waals surface area (Å²) < 4.78 is 5.23. The third-order valence-corrected chi connectivity index (χ3v) is 2.22. The van der Waals surface area contributed by atoms with E-state index in [1.807, 2.05) is 14.0 Å². The van der Waals surface area contributed by atoms with Crippen molar-refractivity contribution in [3.05, 3.63) is 0 Å². The van der Waals surface area contributed by atoms with Gasteiger partial charge in [0.2, 0.25) is 5.91 Å². The third kappa shape index (κ3) is 9.69. The minimum atomic E-state index is -0.0337. The lowest BCUT2D eigenvalue weighted by molar-refractivity contribution is -0.125. The second-order valence-corrected chi connectivity index (χ2v) is 3.75. The maximum atomic E-state index is 11.2. The summed E-state index contributed by atoms with van der Waals surface area (Å²) in [6.07, 6.45) is 3.38. The molecule has 90 valence electrons. The SMILES string of the molecule is CCCCCOCC(=O)NCC(C)NC. The minimum absolute atomic E-state index is 0.0337. The highest BCUT2D eigenvalue weighted by Gasteiger charge is 2.03. The molecule has 4 nitrogen and oxygen atoms in total. The summed E-state index contributed by atoms with van der Waals surface area (Å²) >= 11 is 0. The van der Waals surface area contributed by atoms with Crippen molar-refractivity contribution in [1.29, 1.82) is 0 Å². The smallest absolute Gasteiger partial charge is 0.246 e. The number of carbonyl (C=O) groups is 1. The zero-order valence-electron chi connectivity index (χ0n) is 10.1. The van der Waals surface area contributed by atoms with Crippen LogP contribution in [0.4, 0.5) is 0 Å². The van der Waals surface area contributed by atoms with Crippen LogP contribution in [0.1, 0.15) is 33.1 Å². The molecule has 0 radical (unpaired) electrons. The zero-order chi connectivity index (χ0) is 11.5. The summed E-state index contributed by atoms with van der Waals surface area (Å²) in [7, 11) is 1.87. The Hall–Kier alpha value is -0.610. The van der Waals surface area contributed by atoms with E-state index < -0.39 is 0 Å². The second kappa shape index (κ2) is 9.93. The molecule has 0 bridgehead atoms. The first kappa shape index (κ1) is 14.4. The molecule has 0 fully saturated rings. The molecule has 0 saturated heterocycles. The van der Waals surface area contributed by atoms with E-state index in [9.17, 15) is 4.79 Å². The Bertz CT molecular complexity index is 163. The molecule has 4 heteroatoms. The van der Waals surface area contributed by atoms with Gasteiger partial charge in [-0.1, -0.05) is 19.8 Å². The fourth-order valence-corrected chi connectivity index (χ4v) is 1.04. The molecule has 0 aromatic carbocycles. The first-order valence-electron chi connectivity index (χ1n) is 5.72. The number of hydrogen-bond donors (Lipinski definition) is 2. The van der Waals surface area contributed by atoms with Crippen LogP contribution in [0.5, 0.6) is 0 Å². The lowest BCUT2D eigenvalue weighted by atomic mass is 10.3. The lowest BCUT2D eigenvalue weighted by Gasteiger charge is -2.11. The fourth-order valence-electron chi connectivity index (χ4n) is 1.04. The van der Waals surface area contributed by atoms with Crippen molar-refractivity contribution in [2.45, 2.75) is 39.2 Å². The highest BCUT2D eigenvalue weighted by Crippen LogP contribution is 1.93. The van der Waals surface area contributed by atoms with E-state index >= 15 is 0 Å². The standard InChI is InChI=1S/C11H24N2O2/c1-4-5-6-7-15-9-11(14)13-8-10(2)12-3/h10,12H,4-9H2,1-3H3,(H,13,14). The fraction of sp³-hybridized carbons (Fsp3) is 0.909. The Morgan fingerprint density at radius 2 is 2.13 bits per heavy atom. The van der Waals surface area contributed by atoms with Crippen molar-refractivity contribution in [1.82, 2.24) is 10.6 Å². The summed E-state index contributed by atoms with van der Waals surface area (Å²) in [6.45, 7) is 5.67. The van der Waals surface area contributed by atoms with Gasteiger partial charge in [0, 0.05) is 19.2 Å². The van der Waals surface area contributed by atoms with Crippen LogP contribution in [0, 0.1) is 0 Å². The number of nitrogens with one attached hydrogen (secondary N) is 2. The normalized spacial score (nSPS) is 12.5. The van der Waals surface area contributed by atoms with Crippen LogP contribution >= 0.6 is 0 Å². The van der Waals surface area contributed by atoms with Crippen LogP contribution in [0.3, 0.4) is 0 Å². The number of ether oxygens (including phenoxy) is 1. The molecular weight excluding hydrogens is 192 g/mol. The Morgan fingerprint density at radius 1 is 1.40 bits per heavy atom. The van der Waals surface area contributed by atoms with Gasteiger partial charge in [-0.3, -0.25) is 4.79 Å². The van der Waals surface area contributed by atoms with Gasteiger partial charge in [0.15, 0.2) is 0 Å². The lowest BCUT2D eigenvalue weighted by Crippen LogP contribution is -2.38. The Morgan fingerprint density at radius 3 is 2.73 bits per heavy atom. The highest BCUT2D eigenvalue weighted by molar-refractivity contribution is 5.77. The predicted molar refractivity (Wildman–Crippen MR) is 61.9 cm³/mol. The Balaban J connectivity index is 3.26. The molecule has 0 aliphatic carbocycles. The number of amides is 1. The van der Waals surface area contributed by atoms with Crippen molar-refractivity contribution in [3.8, 4) is 0 Å². The van der Waals surface area contributed by atoms with Gasteiger partial charge in [-0.15, -0.1) is 0 Å². The molecule has 1 atom stereocenters. The molecular formula is C11H24N2O2. The van der Waals surface area contributed by atoms with E-state index in [2.05, 4.69) is 17.6 Å². The van der Waals surface area contributed by atoms with Gasteiger partial charge < -0.3 is 15.4 Å². The summed E-state index contributed by atoms with van der Waals surface area (Å²) in [5.41, 5.74) is 0. The number of likely N-dealkylation sites (N-methyl/N-ethyl adjacent to an activating group) is 1. The molecule has 0 heterocycles. The van der Waals surface area contributed by atoms with Crippen molar-refractivity contribution >= 4 is 5.91 Å². The number of hydrogen-bond acceptors (Lipinski definition) is 3. The van der Waals surface area contributed by atoms with E-state index in [1.165, 1.54) is 12.8 Å². The summed E-state index contributed by atoms with van der Waals surface area (Å²) in [6, 6.07) is 0.300. The minimum Gasteiger partial charge on any atom is -0.372 e. The van der Waals surface area contributed by atoms with Gasteiger partial charge in [-0.25, -0.2) is 0 Å². The summed E-state index contributed by atoms with van der Waals surface area (Å²) in [5, 5.41) is 5.85. The van der Waals surface area contributed by atoms with Gasteiger partial charge in [-0.2, -0.15) is 0 Å². The molecule has 0 rings (SSSR count). The van der Waals surface area contributed by atoms with Crippen LogP contribution < -0.4 is 10.6 Å². The molecule has 2 N–H and O–H groups in total. The van der Waals surface area contributed by atoms with Crippen LogP contribution in [-0.4, -0.2) is 38.8 Å². The first-order chi connectivity index (χ1) is 7.20. The van der Waals surface area contributed by atoms with Gasteiger partial charge in [0.05, 0.1) is 0 Å². The Kier molecular flexibility index (Phi) is 9.52. The van der Waals surface area contributed by atoms with E-state index in [-0.39, 0.29) is 12.5 Å². The van der Waals surface area contributed by atoms with Crippen molar-refractivity contribution in [2.75, 3.05) is 26.8 Å². The summed E-state index contributed by atoms with van der Waals surface area (Å²) in [5.74, 6) is -0.0337. The maximum Gasteiger partial charge on any atom is 0.246 e. The van der Waals surface area contributed by atoms with Crippen LogP contribution in [0.15, 0.2) is 0 Å². The number of rotatable bonds is 9. The van der Waals surface area contributed by atoms with E-state index in [4.69, 9.17) is 4.74 Å². The number of unbranched alkanes of at least 4 members (excludes halogenated alkanes) is 2. The average Bonchev–Trinajstić information content (AvgIpc) is 2.25. The van der Waals surface area contributed by atoms with Gasteiger partial charge in [0.1, 0.15) is 6.61 Å². The van der Waals surface area contributed by atoms with Gasteiger partial charge in [-0.05, 0) is 20.4 Å². The monoisotopic (exact) mass is 216 g/mol. The molecule has 0 aromatic rings. The third-order valence-electron chi connectivity index (χ3n) is 2.22. The largest absolute Gasteiger partial charge is 0.372 e. The molecule has 0 aliphatic rings. The van der Waals surface area contributed by atoms with Crippen LogP contribution in [0.25, 0.3) is 0 Å². The maximum absolute atomic E-state index is 11.2. The van der Waals surface area contributed by atoms with E-state index in [0.717, 1.165) is 6.42 Å². The molecule has 0 aromatic heterocycles. The van der Waals surface area contributed by atoms with Crippen molar-refractivity contribution in [3.63, 3.8) is 0 Å². The zero-order valence-corrected chi connectivity index (χ0v) is 10.1. The molecule has 0 spiro atoms. The van der Waals surface area contributed by atoms with E-state index in [1.54, 1.807) is 0 Å². The van der Waals surface area contributed by atoms with E-state index in [0.29, 0.717) is 19.2 Å². The molecule has 1 unspecified atom stereocenters. The van der Waals surface area contributed by atoms with Crippen molar-refractivity contribution in [2.24, 2.45) is 0 Å². The van der Waals surface area contributed by atoms with Crippen molar-refractivity contribution < 1.29 is 9.53 Å². The molecule has 1 amide bonds. The molecule has 0 saturated carbocycles. The molecule has 0 aliphatic heterocycles. The Labute approximate surface area is 92.8 Å². The van der Waals surface area contributed by atoms with Gasteiger partial charge >= 0.3 is 0 Å². The quantitative estimate of drug-likeness (QED) is 0.563. The molecule has 15 heavy (non-hydrogen) atoms. The summed E-state index contributed by atoms with van der Waals surface area (Å²) in [4.78, 5) is 11.2. The first-order valence-corrected chi connectivity index (χ1v) is 5.72. The van der Waals surface area contributed by atoms with Gasteiger partial charge in [0.25, 0.3) is 0 Å².